The summed E-state index contributed by atoms with van der Waals surface area (Å²) in [5, 5.41) is 18.3. The van der Waals surface area contributed by atoms with Gasteiger partial charge in [0.05, 0.1) is 40.2 Å². The summed E-state index contributed by atoms with van der Waals surface area (Å²) in [4.78, 5) is -0.145. The first-order chi connectivity index (χ1) is 9.23. The van der Waals surface area contributed by atoms with Crippen LogP contribution in [0.5, 0.6) is 0 Å². The molecule has 0 spiro atoms. The zero-order valence-electron chi connectivity index (χ0n) is 10.2. The topological polar surface area (TPSA) is 124 Å². The fourth-order valence-corrected chi connectivity index (χ4v) is 5.10. The predicted octanol–water partition coefficient (Wildman–Crippen LogP) is -1.01. The van der Waals surface area contributed by atoms with E-state index in [1.54, 1.807) is 0 Å². The Kier molecular flexibility index (Phi) is 3.84. The van der Waals surface area contributed by atoms with Gasteiger partial charge < -0.3 is 5.11 Å². The van der Waals surface area contributed by atoms with Crippen molar-refractivity contribution in [2.24, 2.45) is 0 Å². The normalized spacial score (nSPS) is 25.2. The number of hydrogen-bond donors (Lipinski definition) is 2. The van der Waals surface area contributed by atoms with Gasteiger partial charge in [0.15, 0.2) is 9.84 Å². The molecule has 1 saturated heterocycles. The van der Waals surface area contributed by atoms with E-state index in [1.807, 2.05) is 6.07 Å². The number of rotatable bonds is 3. The number of nitrogens with one attached hydrogen (secondary N) is 1. The highest BCUT2D eigenvalue weighted by atomic mass is 32.2. The molecule has 0 saturated carbocycles. The molecular weight excluding hydrogens is 304 g/mol. The van der Waals surface area contributed by atoms with Crippen molar-refractivity contribution in [3.63, 3.8) is 0 Å². The van der Waals surface area contributed by atoms with Crippen molar-refractivity contribution >= 4 is 19.9 Å². The van der Waals surface area contributed by atoms with Gasteiger partial charge in [0, 0.05) is 0 Å². The number of aliphatic hydroxyl groups is 1. The van der Waals surface area contributed by atoms with Gasteiger partial charge in [0.2, 0.25) is 10.0 Å². The van der Waals surface area contributed by atoms with Crippen LogP contribution in [0.3, 0.4) is 0 Å². The summed E-state index contributed by atoms with van der Waals surface area (Å²) < 4.78 is 49.0. The molecule has 1 fully saturated rings. The van der Waals surface area contributed by atoms with Crippen LogP contribution in [-0.4, -0.2) is 45.6 Å². The SMILES string of the molecule is N#Cc1cccc(S(=O)(=O)N[C@H]2CS(=O)(=O)C[C@H]2O)c1. The van der Waals surface area contributed by atoms with E-state index in [-0.39, 0.29) is 10.5 Å². The summed E-state index contributed by atoms with van der Waals surface area (Å²) in [5.74, 6) is -0.899. The number of nitrogens with zero attached hydrogens (tertiary/aromatic N) is 1. The number of aliphatic hydroxyl groups excluding tert-OH is 1. The van der Waals surface area contributed by atoms with Crippen LogP contribution < -0.4 is 4.72 Å². The van der Waals surface area contributed by atoms with Crippen LogP contribution >= 0.6 is 0 Å². The van der Waals surface area contributed by atoms with Gasteiger partial charge in [-0.3, -0.25) is 0 Å². The molecule has 0 radical (unpaired) electrons. The van der Waals surface area contributed by atoms with Gasteiger partial charge in [-0.2, -0.15) is 5.26 Å². The second-order valence-corrected chi connectivity index (χ2v) is 8.38. The van der Waals surface area contributed by atoms with Crippen LogP contribution in [0.1, 0.15) is 5.56 Å². The maximum absolute atomic E-state index is 12.1. The van der Waals surface area contributed by atoms with E-state index in [4.69, 9.17) is 5.26 Å². The van der Waals surface area contributed by atoms with Crippen molar-refractivity contribution in [1.82, 2.24) is 4.72 Å². The summed E-state index contributed by atoms with van der Waals surface area (Å²) in [5.41, 5.74) is 0.174. The molecule has 20 heavy (non-hydrogen) atoms. The fraction of sp³-hybridized carbons (Fsp3) is 0.364. The van der Waals surface area contributed by atoms with E-state index in [9.17, 15) is 21.9 Å². The predicted molar refractivity (Wildman–Crippen MR) is 69.9 cm³/mol. The first-order valence-electron chi connectivity index (χ1n) is 5.64. The van der Waals surface area contributed by atoms with Crippen LogP contribution in [0.2, 0.25) is 0 Å². The maximum Gasteiger partial charge on any atom is 0.240 e. The van der Waals surface area contributed by atoms with Crippen molar-refractivity contribution in [2.75, 3.05) is 11.5 Å². The minimum Gasteiger partial charge on any atom is -0.390 e. The Hall–Kier alpha value is -1.47. The number of hydrogen-bond acceptors (Lipinski definition) is 6. The van der Waals surface area contributed by atoms with Gasteiger partial charge in [-0.05, 0) is 18.2 Å². The highest BCUT2D eigenvalue weighted by Gasteiger charge is 2.38. The molecule has 108 valence electrons. The summed E-state index contributed by atoms with van der Waals surface area (Å²) in [6.07, 6.45) is -1.27. The molecule has 2 atom stereocenters. The molecule has 0 bridgehead atoms. The van der Waals surface area contributed by atoms with Crippen molar-refractivity contribution in [1.29, 1.82) is 5.26 Å². The Morgan fingerprint density at radius 2 is 2.05 bits per heavy atom. The average Bonchev–Trinajstić information content (AvgIpc) is 2.61. The Labute approximate surface area is 116 Å². The minimum atomic E-state index is -3.98. The van der Waals surface area contributed by atoms with Crippen molar-refractivity contribution in [2.45, 2.75) is 17.0 Å². The number of sulfonamides is 1. The summed E-state index contributed by atoms with van der Waals surface area (Å²) in [7, 11) is -7.43. The molecule has 1 heterocycles. The molecule has 1 aliphatic rings. The van der Waals surface area contributed by atoms with Crippen LogP contribution in [0.15, 0.2) is 29.2 Å². The lowest BCUT2D eigenvalue weighted by Crippen LogP contribution is -2.42. The van der Waals surface area contributed by atoms with E-state index >= 15 is 0 Å². The average molecular weight is 316 g/mol. The smallest absolute Gasteiger partial charge is 0.240 e. The van der Waals surface area contributed by atoms with Gasteiger partial charge in [-0.15, -0.1) is 0 Å². The molecule has 0 aromatic heterocycles. The first-order valence-corrected chi connectivity index (χ1v) is 8.95. The van der Waals surface area contributed by atoms with Gasteiger partial charge in [0.1, 0.15) is 0 Å². The summed E-state index contributed by atoms with van der Waals surface area (Å²) in [6.45, 7) is 0. The fourth-order valence-electron chi connectivity index (χ4n) is 1.94. The van der Waals surface area contributed by atoms with E-state index in [0.717, 1.165) is 0 Å². The number of nitriles is 1. The van der Waals surface area contributed by atoms with Crippen LogP contribution in [-0.2, 0) is 19.9 Å². The van der Waals surface area contributed by atoms with Crippen LogP contribution in [0.4, 0.5) is 0 Å². The highest BCUT2D eigenvalue weighted by molar-refractivity contribution is 7.92. The van der Waals surface area contributed by atoms with E-state index in [1.165, 1.54) is 24.3 Å². The Balaban J connectivity index is 2.26. The van der Waals surface area contributed by atoms with Gasteiger partial charge in [-0.1, -0.05) is 6.07 Å². The molecule has 1 aromatic carbocycles. The molecule has 1 aromatic rings. The molecule has 2 N–H and O–H groups in total. The van der Waals surface area contributed by atoms with Crippen molar-refractivity contribution < 1.29 is 21.9 Å². The molecule has 1 aliphatic heterocycles. The summed E-state index contributed by atoms with van der Waals surface area (Å²) >= 11 is 0. The lowest BCUT2D eigenvalue weighted by atomic mass is 10.2. The minimum absolute atomic E-state index is 0.145. The second kappa shape index (κ2) is 5.14. The van der Waals surface area contributed by atoms with Crippen molar-refractivity contribution in [3.05, 3.63) is 29.8 Å². The number of sulfone groups is 1. The van der Waals surface area contributed by atoms with Crippen LogP contribution in [0.25, 0.3) is 0 Å². The maximum atomic E-state index is 12.1. The van der Waals surface area contributed by atoms with E-state index in [2.05, 4.69) is 4.72 Å². The van der Waals surface area contributed by atoms with Gasteiger partial charge in [-0.25, -0.2) is 21.6 Å². The molecular formula is C11H12N2O5S2. The number of benzene rings is 1. The first kappa shape index (κ1) is 14.9. The zero-order valence-corrected chi connectivity index (χ0v) is 11.9. The lowest BCUT2D eigenvalue weighted by Gasteiger charge is -2.15. The summed E-state index contributed by atoms with van der Waals surface area (Å²) in [6, 6.07) is 6.08. The third kappa shape index (κ3) is 3.16. The van der Waals surface area contributed by atoms with E-state index in [0.29, 0.717) is 0 Å². The van der Waals surface area contributed by atoms with Gasteiger partial charge >= 0.3 is 0 Å². The van der Waals surface area contributed by atoms with E-state index < -0.39 is 43.5 Å². The van der Waals surface area contributed by atoms with Gasteiger partial charge in [0.25, 0.3) is 0 Å². The molecule has 0 amide bonds. The van der Waals surface area contributed by atoms with Crippen LogP contribution in [0, 0.1) is 11.3 Å². The highest BCUT2D eigenvalue weighted by Crippen LogP contribution is 2.17. The largest absolute Gasteiger partial charge is 0.390 e. The zero-order chi connectivity index (χ0) is 15.0. The molecule has 2 rings (SSSR count). The molecule has 0 aliphatic carbocycles. The molecule has 9 heteroatoms. The quantitative estimate of drug-likeness (QED) is 0.736. The monoisotopic (exact) mass is 316 g/mol. The Morgan fingerprint density at radius 1 is 1.35 bits per heavy atom. The molecule has 7 nitrogen and oxygen atoms in total. The lowest BCUT2D eigenvalue weighted by molar-refractivity contribution is 0.176. The Bertz CT molecular complexity index is 764. The standard InChI is InChI=1S/C11H12N2O5S2/c12-5-8-2-1-3-9(4-8)20(17,18)13-10-6-19(15,16)7-11(10)14/h1-4,10-11,13-14H,6-7H2/t10-,11+/m0/s1. The third-order valence-corrected chi connectivity index (χ3v) is 6.11. The van der Waals surface area contributed by atoms with Crippen molar-refractivity contribution in [3.8, 4) is 6.07 Å². The second-order valence-electron chi connectivity index (χ2n) is 4.51. The molecule has 0 unspecified atom stereocenters. The third-order valence-electron chi connectivity index (χ3n) is 2.90. The Morgan fingerprint density at radius 3 is 2.60 bits per heavy atom.